The van der Waals surface area contributed by atoms with Gasteiger partial charge in [0.25, 0.3) is 5.56 Å². The molecular weight excluding hydrogens is 293 g/mol. The number of hydrogen-bond acceptors (Lipinski definition) is 3. The first-order valence-electron chi connectivity index (χ1n) is 5.26. The summed E-state index contributed by atoms with van der Waals surface area (Å²) >= 11 is 9.01. The maximum Gasteiger partial charge on any atom is 0.267 e. The van der Waals surface area contributed by atoms with Crippen LogP contribution in [0.4, 0.5) is 5.82 Å². The van der Waals surface area contributed by atoms with Gasteiger partial charge >= 0.3 is 0 Å². The molecule has 2 heterocycles. The van der Waals surface area contributed by atoms with E-state index in [1.807, 2.05) is 0 Å². The van der Waals surface area contributed by atoms with E-state index in [0.717, 1.165) is 31.7 Å². The maximum absolute atomic E-state index is 11.4. The predicted octanol–water partition coefficient (Wildman–Crippen LogP) is 1.99. The molecular formula is C10H13BrClN3O. The zero-order valence-corrected chi connectivity index (χ0v) is 11.1. The van der Waals surface area contributed by atoms with Crippen LogP contribution >= 0.6 is 27.5 Å². The molecule has 4 nitrogen and oxygen atoms in total. The molecule has 1 aliphatic rings. The molecule has 1 aromatic rings. The molecule has 16 heavy (non-hydrogen) atoms. The van der Waals surface area contributed by atoms with Crippen molar-refractivity contribution in [3.8, 4) is 0 Å². The van der Waals surface area contributed by atoms with Crippen LogP contribution in [0.25, 0.3) is 0 Å². The van der Waals surface area contributed by atoms with Gasteiger partial charge in [0.05, 0.1) is 6.33 Å². The van der Waals surface area contributed by atoms with Crippen LogP contribution in [0.3, 0.4) is 0 Å². The van der Waals surface area contributed by atoms with Gasteiger partial charge in [0, 0.05) is 19.0 Å². The summed E-state index contributed by atoms with van der Waals surface area (Å²) in [6, 6.07) is 0. The molecule has 6 heteroatoms. The van der Waals surface area contributed by atoms with Gasteiger partial charge in [-0.25, -0.2) is 4.98 Å². The molecule has 0 radical (unpaired) electrons. The lowest BCUT2D eigenvalue weighted by molar-refractivity contribution is 0.572. The molecule has 0 saturated carbocycles. The van der Waals surface area contributed by atoms with Crippen LogP contribution < -0.4 is 10.5 Å². The Bertz CT molecular complexity index is 423. The summed E-state index contributed by atoms with van der Waals surface area (Å²) in [7, 11) is 0. The van der Waals surface area contributed by atoms with Crippen LogP contribution in [0.1, 0.15) is 12.8 Å². The number of rotatable bonds is 3. The zero-order chi connectivity index (χ0) is 11.5. The standard InChI is InChI=1S/C10H13BrClN3O/c11-8-9(13-6-14-10(8)16)15-4-2-7(5-15)1-3-12/h6-7H,1-5H2,(H,13,14,16). The van der Waals surface area contributed by atoms with Crippen molar-refractivity contribution < 1.29 is 0 Å². The smallest absolute Gasteiger partial charge is 0.267 e. The van der Waals surface area contributed by atoms with Crippen LogP contribution in [0, 0.1) is 5.92 Å². The fourth-order valence-corrected chi connectivity index (χ4v) is 2.79. The highest BCUT2D eigenvalue weighted by atomic mass is 79.9. The van der Waals surface area contributed by atoms with E-state index in [4.69, 9.17) is 11.6 Å². The lowest BCUT2D eigenvalue weighted by Gasteiger charge is -2.17. The lowest BCUT2D eigenvalue weighted by atomic mass is 10.1. The molecule has 1 aromatic heterocycles. The number of aromatic amines is 1. The van der Waals surface area contributed by atoms with Gasteiger partial charge in [-0.3, -0.25) is 4.79 Å². The first-order chi connectivity index (χ1) is 7.72. The summed E-state index contributed by atoms with van der Waals surface area (Å²) in [6.45, 7) is 1.87. The number of nitrogens with zero attached hydrogens (tertiary/aromatic N) is 2. The van der Waals surface area contributed by atoms with Gasteiger partial charge in [0.1, 0.15) is 10.3 Å². The fourth-order valence-electron chi connectivity index (χ4n) is 2.01. The molecule has 0 spiro atoms. The number of anilines is 1. The van der Waals surface area contributed by atoms with Crippen LogP contribution in [-0.2, 0) is 0 Å². The Morgan fingerprint density at radius 2 is 2.50 bits per heavy atom. The minimum atomic E-state index is -0.134. The van der Waals surface area contributed by atoms with E-state index in [-0.39, 0.29) is 5.56 Å². The lowest BCUT2D eigenvalue weighted by Crippen LogP contribution is -2.24. The Hall–Kier alpha value is -0.550. The summed E-state index contributed by atoms with van der Waals surface area (Å²) in [4.78, 5) is 20.3. The summed E-state index contributed by atoms with van der Waals surface area (Å²) < 4.78 is 0.515. The largest absolute Gasteiger partial charge is 0.355 e. The third-order valence-corrected chi connectivity index (χ3v) is 3.81. The number of nitrogens with one attached hydrogen (secondary N) is 1. The Balaban J connectivity index is 2.14. The van der Waals surface area contributed by atoms with Gasteiger partial charge in [0.15, 0.2) is 0 Å². The van der Waals surface area contributed by atoms with E-state index in [9.17, 15) is 4.79 Å². The Morgan fingerprint density at radius 3 is 3.25 bits per heavy atom. The molecule has 0 amide bonds. The summed E-state index contributed by atoms with van der Waals surface area (Å²) in [6.07, 6.45) is 3.59. The first-order valence-corrected chi connectivity index (χ1v) is 6.59. The fraction of sp³-hybridized carbons (Fsp3) is 0.600. The number of H-pyrrole nitrogens is 1. The minimum absolute atomic E-state index is 0.134. The zero-order valence-electron chi connectivity index (χ0n) is 8.75. The van der Waals surface area contributed by atoms with Gasteiger partial charge in [-0.1, -0.05) is 0 Å². The van der Waals surface area contributed by atoms with Gasteiger partial charge in [-0.15, -0.1) is 11.6 Å². The maximum atomic E-state index is 11.4. The summed E-state index contributed by atoms with van der Waals surface area (Å²) in [5.41, 5.74) is -0.134. The number of alkyl halides is 1. The van der Waals surface area contributed by atoms with E-state index in [1.54, 1.807) is 0 Å². The average Bonchev–Trinajstić information content (AvgIpc) is 2.71. The number of hydrogen-bond donors (Lipinski definition) is 1. The molecule has 1 saturated heterocycles. The Kier molecular flexibility index (Phi) is 3.86. The van der Waals surface area contributed by atoms with Crippen LogP contribution in [0.5, 0.6) is 0 Å². The second-order valence-electron chi connectivity index (χ2n) is 3.95. The molecule has 1 fully saturated rings. The number of halogens is 2. The third kappa shape index (κ3) is 2.40. The molecule has 0 bridgehead atoms. The highest BCUT2D eigenvalue weighted by Crippen LogP contribution is 2.27. The molecule has 1 N–H and O–H groups in total. The minimum Gasteiger partial charge on any atom is -0.355 e. The average molecular weight is 307 g/mol. The topological polar surface area (TPSA) is 49.0 Å². The van der Waals surface area contributed by atoms with E-state index in [0.29, 0.717) is 16.3 Å². The predicted molar refractivity (Wildman–Crippen MR) is 68.2 cm³/mol. The number of aromatic nitrogens is 2. The highest BCUT2D eigenvalue weighted by molar-refractivity contribution is 9.10. The van der Waals surface area contributed by atoms with E-state index in [1.165, 1.54) is 6.33 Å². The third-order valence-electron chi connectivity index (χ3n) is 2.88. The van der Waals surface area contributed by atoms with Crippen molar-refractivity contribution in [1.82, 2.24) is 9.97 Å². The molecule has 88 valence electrons. The quantitative estimate of drug-likeness (QED) is 0.869. The molecule has 1 atom stereocenters. The molecule has 0 aromatic carbocycles. The van der Waals surface area contributed by atoms with E-state index in [2.05, 4.69) is 30.8 Å². The summed E-state index contributed by atoms with van der Waals surface area (Å²) in [5.74, 6) is 2.05. The molecule has 2 rings (SSSR count). The van der Waals surface area contributed by atoms with Crippen molar-refractivity contribution in [2.75, 3.05) is 23.9 Å². The molecule has 0 aliphatic carbocycles. The first kappa shape index (κ1) is 11.9. The van der Waals surface area contributed by atoms with Gasteiger partial charge in [0.2, 0.25) is 0 Å². The van der Waals surface area contributed by atoms with Crippen molar-refractivity contribution >= 4 is 33.3 Å². The highest BCUT2D eigenvalue weighted by Gasteiger charge is 2.24. The van der Waals surface area contributed by atoms with Crippen LogP contribution in [-0.4, -0.2) is 28.9 Å². The van der Waals surface area contributed by atoms with E-state index >= 15 is 0 Å². The summed E-state index contributed by atoms with van der Waals surface area (Å²) in [5, 5.41) is 0. The van der Waals surface area contributed by atoms with Crippen LogP contribution in [0.2, 0.25) is 0 Å². The van der Waals surface area contributed by atoms with Crippen molar-refractivity contribution in [2.45, 2.75) is 12.8 Å². The molecule has 1 aliphatic heterocycles. The second kappa shape index (κ2) is 5.19. The monoisotopic (exact) mass is 305 g/mol. The Morgan fingerprint density at radius 1 is 1.69 bits per heavy atom. The Labute approximate surface area is 107 Å². The molecule has 1 unspecified atom stereocenters. The van der Waals surface area contributed by atoms with Gasteiger partial charge < -0.3 is 9.88 Å². The van der Waals surface area contributed by atoms with Gasteiger partial charge in [-0.2, -0.15) is 0 Å². The van der Waals surface area contributed by atoms with Crippen LogP contribution in [0.15, 0.2) is 15.6 Å². The van der Waals surface area contributed by atoms with Gasteiger partial charge in [-0.05, 0) is 34.7 Å². The normalized spacial score (nSPS) is 20.4. The second-order valence-corrected chi connectivity index (χ2v) is 5.12. The SMILES string of the molecule is O=c1[nH]cnc(N2CCC(CCCl)C2)c1Br. The van der Waals surface area contributed by atoms with E-state index < -0.39 is 0 Å². The van der Waals surface area contributed by atoms with Crippen molar-refractivity contribution in [3.05, 3.63) is 21.2 Å². The van der Waals surface area contributed by atoms with Crippen molar-refractivity contribution in [1.29, 1.82) is 0 Å². The van der Waals surface area contributed by atoms with Crippen molar-refractivity contribution in [3.63, 3.8) is 0 Å². The van der Waals surface area contributed by atoms with Crippen molar-refractivity contribution in [2.24, 2.45) is 5.92 Å².